The Bertz CT molecular complexity index is 1220. The smallest absolute Gasteiger partial charge is 0.406 e. The van der Waals surface area contributed by atoms with Crippen molar-refractivity contribution in [2.45, 2.75) is 49.5 Å². The summed E-state index contributed by atoms with van der Waals surface area (Å²) in [5.74, 6) is -3.37. The summed E-state index contributed by atoms with van der Waals surface area (Å²) in [5.41, 5.74) is -0.270. The van der Waals surface area contributed by atoms with Crippen LogP contribution in [0.5, 0.6) is 5.75 Å². The molecule has 1 fully saturated rings. The number of carbonyl (C=O) groups excluding carboxylic acids is 1. The molecule has 2 unspecified atom stereocenters. The fraction of sp³-hybridized carbons (Fsp3) is 0.308. The number of urea groups is 1. The average Bonchev–Trinajstić information content (AvgIpc) is 3.16. The molecule has 3 aromatic rings. The Morgan fingerprint density at radius 1 is 1.08 bits per heavy atom. The molecular formula is C26H23ClF5N3O2. The van der Waals surface area contributed by atoms with E-state index in [9.17, 15) is 26.7 Å². The maximum absolute atomic E-state index is 13.7. The van der Waals surface area contributed by atoms with Crippen molar-refractivity contribution in [3.05, 3.63) is 94.8 Å². The molecule has 4 rings (SSSR count). The van der Waals surface area contributed by atoms with Gasteiger partial charge in [-0.3, -0.25) is 4.98 Å². The highest BCUT2D eigenvalue weighted by Crippen LogP contribution is 2.37. The fourth-order valence-corrected chi connectivity index (χ4v) is 4.61. The number of nitrogens with one attached hydrogen (secondary N) is 2. The molecule has 1 saturated carbocycles. The van der Waals surface area contributed by atoms with Crippen molar-refractivity contribution in [1.29, 1.82) is 0 Å². The number of nitrogens with zero attached hydrogens (tertiary/aromatic N) is 1. The van der Waals surface area contributed by atoms with Crippen LogP contribution in [0.4, 0.5) is 26.7 Å². The van der Waals surface area contributed by atoms with Crippen molar-refractivity contribution in [2.24, 2.45) is 0 Å². The average molecular weight is 540 g/mol. The molecule has 37 heavy (non-hydrogen) atoms. The Hall–Kier alpha value is -3.40. The Morgan fingerprint density at radius 3 is 2.46 bits per heavy atom. The van der Waals surface area contributed by atoms with Crippen molar-refractivity contribution in [2.75, 3.05) is 0 Å². The van der Waals surface area contributed by atoms with E-state index in [0.717, 1.165) is 17.7 Å². The largest absolute Gasteiger partial charge is 0.573 e. The van der Waals surface area contributed by atoms with Crippen LogP contribution in [0.2, 0.25) is 5.02 Å². The maximum atomic E-state index is 13.7. The van der Waals surface area contributed by atoms with Gasteiger partial charge in [-0.25, -0.2) is 13.6 Å². The predicted molar refractivity (Wildman–Crippen MR) is 128 cm³/mol. The molecule has 2 N–H and O–H groups in total. The molecule has 0 aliphatic heterocycles. The molecule has 1 aromatic heterocycles. The molecule has 2 atom stereocenters. The van der Waals surface area contributed by atoms with Crippen LogP contribution >= 0.6 is 11.6 Å². The van der Waals surface area contributed by atoms with E-state index in [4.69, 9.17) is 11.6 Å². The standard InChI is InChI=1S/C26H23ClF5N3O2/c27-19-9-10-22(33-16-19)25(14-17-5-2-1-3-6-17,18-7-4-8-21(13-18)37-26(30,31)32)35-23(36)34-20-11-12-24(28,29)15-20/h1-10,13,16,20H,11-12,14-15H2,(H2,34,35,36). The summed E-state index contributed by atoms with van der Waals surface area (Å²) < 4.78 is 70.5. The van der Waals surface area contributed by atoms with Gasteiger partial charge in [0, 0.05) is 31.5 Å². The summed E-state index contributed by atoms with van der Waals surface area (Å²) in [6.07, 6.45) is -4.25. The lowest BCUT2D eigenvalue weighted by molar-refractivity contribution is -0.274. The molecule has 2 amide bonds. The predicted octanol–water partition coefficient (Wildman–Crippen LogP) is 6.61. The lowest BCUT2D eigenvalue weighted by Crippen LogP contribution is -2.54. The number of benzene rings is 2. The van der Waals surface area contributed by atoms with Gasteiger partial charge in [0.1, 0.15) is 11.3 Å². The van der Waals surface area contributed by atoms with Crippen LogP contribution in [0.3, 0.4) is 0 Å². The third kappa shape index (κ3) is 6.88. The van der Waals surface area contributed by atoms with E-state index in [2.05, 4.69) is 20.4 Å². The minimum Gasteiger partial charge on any atom is -0.406 e. The third-order valence-electron chi connectivity index (χ3n) is 6.10. The van der Waals surface area contributed by atoms with Gasteiger partial charge in [0.15, 0.2) is 0 Å². The molecule has 196 valence electrons. The second-order valence-corrected chi connectivity index (χ2v) is 9.34. The van der Waals surface area contributed by atoms with E-state index in [0.29, 0.717) is 5.02 Å². The molecule has 1 heterocycles. The summed E-state index contributed by atoms with van der Waals surface area (Å²) in [5, 5.41) is 5.73. The zero-order chi connectivity index (χ0) is 26.7. The van der Waals surface area contributed by atoms with Gasteiger partial charge in [-0.1, -0.05) is 54.1 Å². The van der Waals surface area contributed by atoms with Crippen LogP contribution in [0, 0.1) is 0 Å². The number of alkyl halides is 5. The lowest BCUT2D eigenvalue weighted by Gasteiger charge is -2.36. The minimum absolute atomic E-state index is 0.0756. The van der Waals surface area contributed by atoms with E-state index in [1.165, 1.54) is 24.4 Å². The first-order chi connectivity index (χ1) is 17.4. The summed E-state index contributed by atoms with van der Waals surface area (Å²) in [4.78, 5) is 17.6. The number of carbonyl (C=O) groups is 1. The number of rotatable bonds is 7. The molecule has 1 aliphatic carbocycles. The third-order valence-corrected chi connectivity index (χ3v) is 6.33. The van der Waals surface area contributed by atoms with Gasteiger partial charge in [0.25, 0.3) is 0 Å². The van der Waals surface area contributed by atoms with Crippen molar-refractivity contribution in [3.63, 3.8) is 0 Å². The Morgan fingerprint density at radius 2 is 1.84 bits per heavy atom. The number of ether oxygens (including phenoxy) is 1. The molecule has 0 bridgehead atoms. The van der Waals surface area contributed by atoms with Crippen molar-refractivity contribution < 1.29 is 31.5 Å². The van der Waals surface area contributed by atoms with Crippen LogP contribution in [0.15, 0.2) is 72.9 Å². The first-order valence-corrected chi connectivity index (χ1v) is 11.8. The van der Waals surface area contributed by atoms with E-state index in [1.807, 2.05) is 0 Å². The van der Waals surface area contributed by atoms with Gasteiger partial charge in [-0.15, -0.1) is 13.2 Å². The summed E-state index contributed by atoms with van der Waals surface area (Å²) in [6.45, 7) is 0. The highest BCUT2D eigenvalue weighted by atomic mass is 35.5. The van der Waals surface area contributed by atoms with Gasteiger partial charge < -0.3 is 15.4 Å². The molecule has 0 radical (unpaired) electrons. The van der Waals surface area contributed by atoms with Gasteiger partial charge in [0.05, 0.1) is 10.7 Å². The van der Waals surface area contributed by atoms with Crippen LogP contribution in [-0.2, 0) is 12.0 Å². The molecule has 11 heteroatoms. The maximum Gasteiger partial charge on any atom is 0.573 e. The topological polar surface area (TPSA) is 63.2 Å². The van der Waals surface area contributed by atoms with Gasteiger partial charge >= 0.3 is 12.4 Å². The van der Waals surface area contributed by atoms with Crippen molar-refractivity contribution >= 4 is 17.6 Å². The van der Waals surface area contributed by atoms with E-state index in [-0.39, 0.29) is 30.5 Å². The molecule has 5 nitrogen and oxygen atoms in total. The molecule has 0 saturated heterocycles. The van der Waals surface area contributed by atoms with E-state index < -0.39 is 42.1 Å². The number of pyridine rings is 1. The highest BCUT2D eigenvalue weighted by Gasteiger charge is 2.42. The Balaban J connectivity index is 1.79. The van der Waals surface area contributed by atoms with Crippen molar-refractivity contribution in [1.82, 2.24) is 15.6 Å². The molecule has 1 aliphatic rings. The minimum atomic E-state index is -4.93. The molecule has 2 aromatic carbocycles. The second-order valence-electron chi connectivity index (χ2n) is 8.90. The summed E-state index contributed by atoms with van der Waals surface area (Å²) >= 11 is 6.03. The van der Waals surface area contributed by atoms with Crippen LogP contribution < -0.4 is 15.4 Å². The number of hydrogen-bond acceptors (Lipinski definition) is 3. The Labute approximate surface area is 215 Å². The number of halogens is 6. The lowest BCUT2D eigenvalue weighted by atomic mass is 9.80. The normalized spacial score (nSPS) is 18.6. The van der Waals surface area contributed by atoms with E-state index >= 15 is 0 Å². The number of aromatic nitrogens is 1. The van der Waals surface area contributed by atoms with Gasteiger partial charge in [0.2, 0.25) is 5.92 Å². The van der Waals surface area contributed by atoms with Crippen molar-refractivity contribution in [3.8, 4) is 5.75 Å². The first kappa shape index (κ1) is 26.7. The monoisotopic (exact) mass is 539 g/mol. The second kappa shape index (κ2) is 10.5. The first-order valence-electron chi connectivity index (χ1n) is 11.4. The van der Waals surface area contributed by atoms with Gasteiger partial charge in [-0.05, 0) is 41.8 Å². The zero-order valence-electron chi connectivity index (χ0n) is 19.4. The Kier molecular flexibility index (Phi) is 7.59. The van der Waals surface area contributed by atoms with Crippen LogP contribution in [0.1, 0.15) is 36.1 Å². The fourth-order valence-electron chi connectivity index (χ4n) is 4.50. The van der Waals surface area contributed by atoms with Gasteiger partial charge in [-0.2, -0.15) is 0 Å². The zero-order valence-corrected chi connectivity index (χ0v) is 20.1. The molecular weight excluding hydrogens is 517 g/mol. The SMILES string of the molecule is O=C(NC1CCC(F)(F)C1)NC(Cc1ccccc1)(c1cccc(OC(F)(F)F)c1)c1ccc(Cl)cn1. The van der Waals surface area contributed by atoms with Crippen LogP contribution in [0.25, 0.3) is 0 Å². The highest BCUT2D eigenvalue weighted by molar-refractivity contribution is 6.30. The summed E-state index contributed by atoms with van der Waals surface area (Å²) in [6, 6.07) is 15.7. The summed E-state index contributed by atoms with van der Waals surface area (Å²) in [7, 11) is 0. The van der Waals surface area contributed by atoms with Crippen LogP contribution in [-0.4, -0.2) is 29.3 Å². The number of hydrogen-bond donors (Lipinski definition) is 2. The molecule has 0 spiro atoms. The number of amides is 2. The van der Waals surface area contributed by atoms with E-state index in [1.54, 1.807) is 36.4 Å². The quantitative estimate of drug-likeness (QED) is 0.332.